The van der Waals surface area contributed by atoms with Crippen LogP contribution in [0, 0.1) is 6.92 Å². The Kier molecular flexibility index (Phi) is 3.64. The molecule has 16 heavy (non-hydrogen) atoms. The Hall–Kier alpha value is -1.26. The number of aryl methyl sites for hydroxylation is 1. The van der Waals surface area contributed by atoms with Gasteiger partial charge < -0.3 is 10.7 Å². The summed E-state index contributed by atoms with van der Waals surface area (Å²) in [6.45, 7) is 2.73. The minimum atomic E-state index is 0.604. The van der Waals surface area contributed by atoms with Crippen molar-refractivity contribution in [3.63, 3.8) is 0 Å². The molecule has 1 aromatic carbocycles. The average Bonchev–Trinajstić information content (AvgIpc) is 2.80. The van der Waals surface area contributed by atoms with Crippen LogP contribution >= 0.6 is 11.8 Å². The van der Waals surface area contributed by atoms with E-state index < -0.39 is 0 Å². The van der Waals surface area contributed by atoms with Crippen LogP contribution in [0.25, 0.3) is 0 Å². The molecule has 2 aromatic rings. The summed E-state index contributed by atoms with van der Waals surface area (Å²) < 4.78 is 0. The lowest BCUT2D eigenvalue weighted by atomic mass is 10.1. The van der Waals surface area contributed by atoms with Gasteiger partial charge in [0.1, 0.15) is 0 Å². The highest BCUT2D eigenvalue weighted by Gasteiger charge is 2.02. The number of thioether (sulfide) groups is 1. The fourth-order valence-electron chi connectivity index (χ4n) is 1.52. The monoisotopic (exact) mass is 233 g/mol. The average molecular weight is 233 g/mol. The minimum Gasteiger partial charge on any atom is -0.340 e. The number of hydrogen-bond donors (Lipinski definition) is 2. The van der Waals surface area contributed by atoms with Crippen LogP contribution in [0.15, 0.2) is 35.7 Å². The Labute approximate surface area is 99.5 Å². The summed E-state index contributed by atoms with van der Waals surface area (Å²) in [6, 6.07) is 6.39. The van der Waals surface area contributed by atoms with Crippen molar-refractivity contribution in [3.8, 4) is 0 Å². The highest BCUT2D eigenvalue weighted by atomic mass is 32.2. The summed E-state index contributed by atoms with van der Waals surface area (Å²) in [5, 5.41) is 0.960. The van der Waals surface area contributed by atoms with Gasteiger partial charge in [0.25, 0.3) is 0 Å². The topological polar surface area (TPSA) is 54.7 Å². The molecule has 84 valence electrons. The number of benzene rings is 1. The molecular formula is C12H15N3S. The number of rotatable bonds is 4. The van der Waals surface area contributed by atoms with Crippen LogP contribution in [-0.4, -0.2) is 9.97 Å². The maximum absolute atomic E-state index is 5.60. The van der Waals surface area contributed by atoms with E-state index >= 15 is 0 Å². The Balaban J connectivity index is 2.04. The molecule has 3 N–H and O–H groups in total. The Morgan fingerprint density at radius 3 is 2.94 bits per heavy atom. The summed E-state index contributed by atoms with van der Waals surface area (Å²) >= 11 is 1.71. The molecule has 0 fully saturated rings. The molecule has 1 aromatic heterocycles. The van der Waals surface area contributed by atoms with Gasteiger partial charge in [-0.15, -0.1) is 0 Å². The van der Waals surface area contributed by atoms with Gasteiger partial charge in [-0.1, -0.05) is 30.0 Å². The molecule has 0 saturated carbocycles. The summed E-state index contributed by atoms with van der Waals surface area (Å²) in [5.41, 5.74) is 9.41. The quantitative estimate of drug-likeness (QED) is 0.798. The first-order chi connectivity index (χ1) is 7.79. The lowest BCUT2D eigenvalue weighted by Gasteiger charge is -2.06. The first kappa shape index (κ1) is 11.2. The van der Waals surface area contributed by atoms with Gasteiger partial charge in [0, 0.05) is 24.7 Å². The molecule has 0 saturated heterocycles. The molecule has 0 spiro atoms. The molecule has 0 unspecified atom stereocenters. The van der Waals surface area contributed by atoms with Crippen LogP contribution < -0.4 is 5.73 Å². The molecule has 4 heteroatoms. The zero-order valence-electron chi connectivity index (χ0n) is 9.23. The predicted molar refractivity (Wildman–Crippen MR) is 67.2 cm³/mol. The van der Waals surface area contributed by atoms with Crippen LogP contribution in [0.5, 0.6) is 0 Å². The maximum atomic E-state index is 5.60. The van der Waals surface area contributed by atoms with Crippen molar-refractivity contribution in [1.29, 1.82) is 0 Å². The molecule has 0 amide bonds. The van der Waals surface area contributed by atoms with E-state index in [0.29, 0.717) is 6.54 Å². The van der Waals surface area contributed by atoms with Crippen molar-refractivity contribution in [3.05, 3.63) is 47.3 Å². The zero-order chi connectivity index (χ0) is 11.4. The van der Waals surface area contributed by atoms with Gasteiger partial charge in [-0.3, -0.25) is 0 Å². The maximum Gasteiger partial charge on any atom is 0.165 e. The summed E-state index contributed by atoms with van der Waals surface area (Å²) in [5.74, 6) is 0.935. The molecule has 1 heterocycles. The molecule has 0 aliphatic rings. The Morgan fingerprint density at radius 1 is 1.44 bits per heavy atom. The van der Waals surface area contributed by atoms with Crippen LogP contribution in [-0.2, 0) is 12.3 Å². The van der Waals surface area contributed by atoms with E-state index in [-0.39, 0.29) is 0 Å². The van der Waals surface area contributed by atoms with Crippen molar-refractivity contribution in [2.24, 2.45) is 5.73 Å². The predicted octanol–water partition coefficient (Wildman–Crippen LogP) is 2.47. The molecule has 0 radical (unpaired) electrons. The van der Waals surface area contributed by atoms with Crippen LogP contribution in [0.1, 0.15) is 16.7 Å². The molecule has 0 bridgehead atoms. The second-order valence-electron chi connectivity index (χ2n) is 3.65. The van der Waals surface area contributed by atoms with Crippen LogP contribution in [0.3, 0.4) is 0 Å². The second-order valence-corrected chi connectivity index (χ2v) is 4.61. The third-order valence-electron chi connectivity index (χ3n) is 2.48. The zero-order valence-corrected chi connectivity index (χ0v) is 10.1. The number of H-pyrrole nitrogens is 1. The van der Waals surface area contributed by atoms with E-state index in [2.05, 4.69) is 35.1 Å². The number of imidazole rings is 1. The van der Waals surface area contributed by atoms with Crippen molar-refractivity contribution >= 4 is 11.8 Å². The fraction of sp³-hybridized carbons (Fsp3) is 0.250. The Bertz CT molecular complexity index is 451. The first-order valence-electron chi connectivity index (χ1n) is 5.20. The van der Waals surface area contributed by atoms with Crippen molar-refractivity contribution in [1.82, 2.24) is 9.97 Å². The third kappa shape index (κ3) is 2.65. The van der Waals surface area contributed by atoms with E-state index in [9.17, 15) is 0 Å². The lowest BCUT2D eigenvalue weighted by Crippen LogP contribution is -1.97. The van der Waals surface area contributed by atoms with E-state index in [4.69, 9.17) is 5.73 Å². The van der Waals surface area contributed by atoms with Crippen molar-refractivity contribution < 1.29 is 0 Å². The second kappa shape index (κ2) is 5.18. The Morgan fingerprint density at radius 2 is 2.31 bits per heavy atom. The highest BCUT2D eigenvalue weighted by molar-refractivity contribution is 7.98. The highest BCUT2D eigenvalue weighted by Crippen LogP contribution is 2.21. The number of aromatic nitrogens is 2. The molecular weight excluding hydrogens is 218 g/mol. The standard InChI is InChI=1S/C12H15N3S/c1-9-6-10(7-13)2-3-11(9)8-16-12-14-4-5-15-12/h2-6H,7-8,13H2,1H3,(H,14,15). The SMILES string of the molecule is Cc1cc(CN)ccc1CSc1ncc[nH]1. The molecule has 0 atom stereocenters. The van der Waals surface area contributed by atoms with E-state index in [1.807, 2.05) is 6.20 Å². The van der Waals surface area contributed by atoms with Crippen LogP contribution in [0.2, 0.25) is 0 Å². The van der Waals surface area contributed by atoms with E-state index in [1.54, 1.807) is 18.0 Å². The largest absolute Gasteiger partial charge is 0.340 e. The van der Waals surface area contributed by atoms with Gasteiger partial charge in [-0.2, -0.15) is 0 Å². The lowest BCUT2D eigenvalue weighted by molar-refractivity contribution is 1.05. The summed E-state index contributed by atoms with van der Waals surface area (Å²) in [6.07, 6.45) is 3.61. The third-order valence-corrected chi connectivity index (χ3v) is 3.43. The van der Waals surface area contributed by atoms with Crippen LogP contribution in [0.4, 0.5) is 0 Å². The van der Waals surface area contributed by atoms with Gasteiger partial charge in [-0.25, -0.2) is 4.98 Å². The number of hydrogen-bond acceptors (Lipinski definition) is 3. The minimum absolute atomic E-state index is 0.604. The summed E-state index contributed by atoms with van der Waals surface area (Å²) in [4.78, 5) is 7.26. The normalized spacial score (nSPS) is 10.6. The number of aromatic amines is 1. The molecule has 2 rings (SSSR count). The van der Waals surface area contributed by atoms with Crippen molar-refractivity contribution in [2.45, 2.75) is 24.4 Å². The number of nitrogens with two attached hydrogens (primary N) is 1. The van der Waals surface area contributed by atoms with Gasteiger partial charge in [-0.05, 0) is 23.6 Å². The van der Waals surface area contributed by atoms with Gasteiger partial charge in [0.15, 0.2) is 5.16 Å². The first-order valence-corrected chi connectivity index (χ1v) is 6.19. The van der Waals surface area contributed by atoms with Gasteiger partial charge >= 0.3 is 0 Å². The van der Waals surface area contributed by atoms with Gasteiger partial charge in [0.05, 0.1) is 0 Å². The van der Waals surface area contributed by atoms with E-state index in [1.165, 1.54) is 16.7 Å². The molecule has 3 nitrogen and oxygen atoms in total. The van der Waals surface area contributed by atoms with Crippen molar-refractivity contribution in [2.75, 3.05) is 0 Å². The smallest absolute Gasteiger partial charge is 0.165 e. The number of nitrogens with one attached hydrogen (secondary N) is 1. The number of nitrogens with zero attached hydrogens (tertiary/aromatic N) is 1. The summed E-state index contributed by atoms with van der Waals surface area (Å²) in [7, 11) is 0. The van der Waals surface area contributed by atoms with Gasteiger partial charge in [0.2, 0.25) is 0 Å². The molecule has 0 aliphatic heterocycles. The fourth-order valence-corrected chi connectivity index (χ4v) is 2.43. The molecule has 0 aliphatic carbocycles. The van der Waals surface area contributed by atoms with E-state index in [0.717, 1.165) is 10.9 Å².